The van der Waals surface area contributed by atoms with E-state index in [9.17, 15) is 0 Å². The Morgan fingerprint density at radius 2 is 1.68 bits per heavy atom. The first-order valence-corrected chi connectivity index (χ1v) is 9.46. The van der Waals surface area contributed by atoms with Crippen molar-refractivity contribution in [2.24, 2.45) is 0 Å². The third-order valence-corrected chi connectivity index (χ3v) is 5.01. The first-order valence-electron chi connectivity index (χ1n) is 9.46. The Morgan fingerprint density at radius 1 is 0.960 bits per heavy atom. The summed E-state index contributed by atoms with van der Waals surface area (Å²) in [5.74, 6) is 1.95. The van der Waals surface area contributed by atoms with E-state index in [0.717, 1.165) is 81.6 Å². The second-order valence-electron chi connectivity index (χ2n) is 6.81. The molecular weight excluding hydrogens is 314 g/mol. The summed E-state index contributed by atoms with van der Waals surface area (Å²) in [6, 6.07) is 8.13. The molecule has 0 unspecified atom stereocenters. The molecule has 25 heavy (non-hydrogen) atoms. The topological polar surface area (TPSA) is 53.5 Å². The maximum Gasteiger partial charge on any atom is 0.172 e. The van der Waals surface area contributed by atoms with Crippen molar-refractivity contribution in [2.45, 2.75) is 19.3 Å². The molecule has 6 heteroatoms. The van der Waals surface area contributed by atoms with Gasteiger partial charge < -0.3 is 15.0 Å². The van der Waals surface area contributed by atoms with Crippen LogP contribution in [0, 0.1) is 0 Å². The summed E-state index contributed by atoms with van der Waals surface area (Å²) in [5, 5.41) is 3.55. The molecule has 2 aromatic rings. The molecule has 0 amide bonds. The lowest BCUT2D eigenvalue weighted by Crippen LogP contribution is -2.37. The molecule has 1 aromatic carbocycles. The van der Waals surface area contributed by atoms with Gasteiger partial charge in [-0.3, -0.25) is 4.90 Å². The van der Waals surface area contributed by atoms with E-state index >= 15 is 0 Å². The van der Waals surface area contributed by atoms with Gasteiger partial charge in [0.05, 0.1) is 24.2 Å². The number of benzene rings is 1. The molecule has 1 aromatic heterocycles. The van der Waals surface area contributed by atoms with E-state index < -0.39 is 0 Å². The van der Waals surface area contributed by atoms with Crippen molar-refractivity contribution >= 4 is 22.7 Å². The molecule has 0 radical (unpaired) electrons. The molecule has 2 aliphatic rings. The Balaban J connectivity index is 1.44. The molecule has 0 aliphatic carbocycles. The first kappa shape index (κ1) is 16.5. The van der Waals surface area contributed by atoms with Crippen molar-refractivity contribution in [3.05, 3.63) is 24.3 Å². The maximum atomic E-state index is 5.41. The number of morpholine rings is 1. The van der Waals surface area contributed by atoms with Gasteiger partial charge in [-0.25, -0.2) is 9.97 Å². The molecule has 0 bridgehead atoms. The maximum absolute atomic E-state index is 5.41. The van der Waals surface area contributed by atoms with E-state index in [-0.39, 0.29) is 0 Å². The normalized spacial score (nSPS) is 18.8. The van der Waals surface area contributed by atoms with Crippen LogP contribution in [-0.4, -0.2) is 67.4 Å². The van der Waals surface area contributed by atoms with Crippen LogP contribution < -0.4 is 10.2 Å². The Hall–Kier alpha value is -1.92. The SMILES string of the molecule is c1ccc2nc(N3CCCC3)c(NCCCN3CCOCC3)nc2c1. The van der Waals surface area contributed by atoms with E-state index in [1.807, 2.05) is 24.3 Å². The van der Waals surface area contributed by atoms with Crippen molar-refractivity contribution in [3.8, 4) is 0 Å². The van der Waals surface area contributed by atoms with Crippen LogP contribution in [-0.2, 0) is 4.74 Å². The second kappa shape index (κ2) is 7.97. The predicted octanol–water partition coefficient (Wildman–Crippen LogP) is 2.36. The van der Waals surface area contributed by atoms with Crippen LogP contribution in [0.2, 0.25) is 0 Å². The zero-order valence-electron chi connectivity index (χ0n) is 14.8. The van der Waals surface area contributed by atoms with Crippen molar-refractivity contribution in [1.29, 1.82) is 0 Å². The Morgan fingerprint density at radius 3 is 2.44 bits per heavy atom. The summed E-state index contributed by atoms with van der Waals surface area (Å²) in [6.45, 7) is 8.02. The molecule has 0 spiro atoms. The van der Waals surface area contributed by atoms with Crippen LogP contribution in [0.1, 0.15) is 19.3 Å². The molecule has 4 rings (SSSR count). The number of para-hydroxylation sites is 2. The van der Waals surface area contributed by atoms with Crippen molar-refractivity contribution in [2.75, 3.05) is 62.7 Å². The van der Waals surface area contributed by atoms with Gasteiger partial charge >= 0.3 is 0 Å². The molecule has 6 nitrogen and oxygen atoms in total. The van der Waals surface area contributed by atoms with E-state index in [1.165, 1.54) is 12.8 Å². The average molecular weight is 341 g/mol. The van der Waals surface area contributed by atoms with Gasteiger partial charge in [0.15, 0.2) is 11.6 Å². The van der Waals surface area contributed by atoms with Crippen molar-refractivity contribution in [3.63, 3.8) is 0 Å². The van der Waals surface area contributed by atoms with Crippen LogP contribution >= 0.6 is 0 Å². The number of hydrogen-bond acceptors (Lipinski definition) is 6. The van der Waals surface area contributed by atoms with Crippen LogP contribution in [0.3, 0.4) is 0 Å². The van der Waals surface area contributed by atoms with E-state index in [2.05, 4.69) is 15.1 Å². The van der Waals surface area contributed by atoms with Gasteiger partial charge in [-0.05, 0) is 37.9 Å². The lowest BCUT2D eigenvalue weighted by molar-refractivity contribution is 0.0378. The minimum absolute atomic E-state index is 0.864. The van der Waals surface area contributed by atoms with Crippen molar-refractivity contribution in [1.82, 2.24) is 14.9 Å². The summed E-state index contributed by atoms with van der Waals surface area (Å²) < 4.78 is 5.41. The number of rotatable bonds is 6. The molecule has 0 saturated carbocycles. The molecule has 2 fully saturated rings. The monoisotopic (exact) mass is 341 g/mol. The number of anilines is 2. The highest BCUT2D eigenvalue weighted by Crippen LogP contribution is 2.27. The molecule has 134 valence electrons. The van der Waals surface area contributed by atoms with Gasteiger partial charge in [-0.15, -0.1) is 0 Å². The van der Waals surface area contributed by atoms with Gasteiger partial charge in [-0.1, -0.05) is 12.1 Å². The highest BCUT2D eigenvalue weighted by Gasteiger charge is 2.19. The number of nitrogens with zero attached hydrogens (tertiary/aromatic N) is 4. The number of hydrogen-bond donors (Lipinski definition) is 1. The minimum Gasteiger partial charge on any atom is -0.379 e. The summed E-state index contributed by atoms with van der Waals surface area (Å²) in [6.07, 6.45) is 3.59. The average Bonchev–Trinajstić information content (AvgIpc) is 3.20. The molecule has 2 saturated heterocycles. The van der Waals surface area contributed by atoms with Gasteiger partial charge in [0.1, 0.15) is 0 Å². The quantitative estimate of drug-likeness (QED) is 0.814. The fourth-order valence-electron chi connectivity index (χ4n) is 3.59. The van der Waals surface area contributed by atoms with E-state index in [4.69, 9.17) is 14.7 Å². The zero-order valence-corrected chi connectivity index (χ0v) is 14.8. The van der Waals surface area contributed by atoms with Gasteiger partial charge in [0, 0.05) is 32.7 Å². The molecule has 1 N–H and O–H groups in total. The largest absolute Gasteiger partial charge is 0.379 e. The number of fused-ring (bicyclic) bond motifs is 1. The standard InChI is InChI=1S/C19H27N5O/c1-2-7-17-16(6-1)21-18(19(22-17)24-10-3-4-11-24)20-8-5-9-23-12-14-25-15-13-23/h1-2,6-7H,3-5,8-15H2,(H,20,21). The Labute approximate surface area is 149 Å². The summed E-state index contributed by atoms with van der Waals surface area (Å²) in [7, 11) is 0. The van der Waals surface area contributed by atoms with Crippen molar-refractivity contribution < 1.29 is 4.74 Å². The van der Waals surface area contributed by atoms with Crippen LogP contribution in [0.5, 0.6) is 0 Å². The van der Waals surface area contributed by atoms with E-state index in [0.29, 0.717) is 0 Å². The van der Waals surface area contributed by atoms with Gasteiger partial charge in [0.25, 0.3) is 0 Å². The second-order valence-corrected chi connectivity index (χ2v) is 6.81. The van der Waals surface area contributed by atoms with E-state index in [1.54, 1.807) is 0 Å². The third-order valence-electron chi connectivity index (χ3n) is 5.01. The number of ether oxygens (including phenoxy) is 1. The predicted molar refractivity (Wildman–Crippen MR) is 101 cm³/mol. The summed E-state index contributed by atoms with van der Waals surface area (Å²) in [4.78, 5) is 14.6. The number of nitrogens with one attached hydrogen (secondary N) is 1. The highest BCUT2D eigenvalue weighted by molar-refractivity contribution is 5.80. The highest BCUT2D eigenvalue weighted by atomic mass is 16.5. The first-order chi connectivity index (χ1) is 12.4. The smallest absolute Gasteiger partial charge is 0.172 e. The Bertz CT molecular complexity index is 695. The molecular formula is C19H27N5O. The lowest BCUT2D eigenvalue weighted by atomic mass is 10.3. The molecule has 3 heterocycles. The van der Waals surface area contributed by atoms with Gasteiger partial charge in [0.2, 0.25) is 0 Å². The third kappa shape index (κ3) is 4.02. The number of aromatic nitrogens is 2. The van der Waals surface area contributed by atoms with Crippen LogP contribution in [0.4, 0.5) is 11.6 Å². The minimum atomic E-state index is 0.864. The summed E-state index contributed by atoms with van der Waals surface area (Å²) in [5.41, 5.74) is 1.93. The zero-order chi connectivity index (χ0) is 16.9. The Kier molecular flexibility index (Phi) is 5.28. The lowest BCUT2D eigenvalue weighted by Gasteiger charge is -2.26. The molecule has 0 atom stereocenters. The van der Waals surface area contributed by atoms with Crippen LogP contribution in [0.15, 0.2) is 24.3 Å². The van der Waals surface area contributed by atoms with Gasteiger partial charge in [-0.2, -0.15) is 0 Å². The van der Waals surface area contributed by atoms with Crippen LogP contribution in [0.25, 0.3) is 11.0 Å². The summed E-state index contributed by atoms with van der Waals surface area (Å²) >= 11 is 0. The fourth-order valence-corrected chi connectivity index (χ4v) is 3.59. The molecule has 2 aliphatic heterocycles. The fraction of sp³-hybridized carbons (Fsp3) is 0.579.